The lowest BCUT2D eigenvalue weighted by Gasteiger charge is -2.21. The first-order valence-corrected chi connectivity index (χ1v) is 8.30. The van der Waals surface area contributed by atoms with Crippen LogP contribution in [0.25, 0.3) is 22.6 Å². The van der Waals surface area contributed by atoms with Crippen molar-refractivity contribution in [2.75, 3.05) is 31.6 Å². The monoisotopic (exact) mass is 310 g/mol. The van der Waals surface area contributed by atoms with Gasteiger partial charge in [-0.25, -0.2) is 9.56 Å². The molecule has 0 unspecified atom stereocenters. The molecule has 4 nitrogen and oxygen atoms in total. The van der Waals surface area contributed by atoms with Crippen molar-refractivity contribution in [1.29, 1.82) is 0 Å². The quantitative estimate of drug-likeness (QED) is 0.548. The van der Waals surface area contributed by atoms with Crippen molar-refractivity contribution < 1.29 is 4.42 Å². The Morgan fingerprint density at radius 3 is 2.52 bits per heavy atom. The summed E-state index contributed by atoms with van der Waals surface area (Å²) < 4.78 is 8.33. The summed E-state index contributed by atoms with van der Waals surface area (Å²) in [4.78, 5) is 7.03. The van der Waals surface area contributed by atoms with Crippen molar-refractivity contribution in [1.82, 2.24) is 9.56 Å². The highest BCUT2D eigenvalue weighted by atomic mass is 16.3. The molecule has 23 heavy (non-hydrogen) atoms. The Morgan fingerprint density at radius 2 is 1.83 bits per heavy atom. The second kappa shape index (κ2) is 6.41. The molecule has 0 fully saturated rings. The molecule has 1 heterocycles. The number of hydrogen-bond donors (Lipinski definition) is 0. The maximum absolute atomic E-state index is 6.15. The van der Waals surface area contributed by atoms with E-state index in [1.165, 1.54) is 5.69 Å². The Morgan fingerprint density at radius 1 is 1.04 bits per heavy atom. The van der Waals surface area contributed by atoms with Crippen LogP contribution < -0.4 is 14.8 Å². The van der Waals surface area contributed by atoms with Crippen molar-refractivity contribution in [2.24, 2.45) is 0 Å². The van der Waals surface area contributed by atoms with Crippen molar-refractivity contribution in [3.63, 3.8) is 0 Å². The number of anilines is 1. The number of aromatic nitrogens is 1. The summed E-state index contributed by atoms with van der Waals surface area (Å²) in [6.07, 6.45) is 0. The van der Waals surface area contributed by atoms with E-state index < -0.39 is 0 Å². The molecule has 0 bridgehead atoms. The summed E-state index contributed by atoms with van der Waals surface area (Å²) in [6.45, 7) is 9.38. The second-order valence-electron chi connectivity index (χ2n) is 5.70. The summed E-state index contributed by atoms with van der Waals surface area (Å²) in [6, 6.07) is 12.4. The van der Waals surface area contributed by atoms with Gasteiger partial charge in [0.1, 0.15) is 24.8 Å². The van der Waals surface area contributed by atoms with E-state index >= 15 is 0 Å². The van der Waals surface area contributed by atoms with E-state index in [-0.39, 0.29) is 0 Å². The van der Waals surface area contributed by atoms with Gasteiger partial charge in [0.15, 0.2) is 11.3 Å². The van der Waals surface area contributed by atoms with Crippen molar-refractivity contribution >= 4 is 16.8 Å². The van der Waals surface area contributed by atoms with Crippen molar-refractivity contribution in [3.05, 3.63) is 41.8 Å². The van der Waals surface area contributed by atoms with Crippen molar-refractivity contribution in [2.45, 2.75) is 20.8 Å². The highest BCUT2D eigenvalue weighted by Gasteiger charge is 2.12. The molecular formula is C19H24N3O+. The lowest BCUT2D eigenvalue weighted by atomic mass is 10.2. The van der Waals surface area contributed by atoms with E-state index in [1.54, 1.807) is 0 Å². The lowest BCUT2D eigenvalue weighted by Crippen LogP contribution is -2.25. The minimum atomic E-state index is 0.826. The summed E-state index contributed by atoms with van der Waals surface area (Å²) in [5.74, 6) is 0.826. The zero-order valence-electron chi connectivity index (χ0n) is 14.3. The summed E-state index contributed by atoms with van der Waals surface area (Å²) in [7, 11) is 2.08. The fraction of sp³-hybridized carbons (Fsp3) is 0.368. The van der Waals surface area contributed by atoms with Crippen LogP contribution in [-0.2, 0) is 0 Å². The minimum absolute atomic E-state index is 0.826. The van der Waals surface area contributed by atoms with Gasteiger partial charge in [0.25, 0.3) is 0 Å². The third-order valence-corrected chi connectivity index (χ3v) is 4.39. The predicted octanol–water partition coefficient (Wildman–Crippen LogP) is 3.20. The van der Waals surface area contributed by atoms with Gasteiger partial charge in [-0.05, 0) is 39.0 Å². The van der Waals surface area contributed by atoms with Gasteiger partial charge in [0.2, 0.25) is 5.36 Å². The molecule has 0 radical (unpaired) electrons. The predicted molar refractivity (Wildman–Crippen MR) is 95.9 cm³/mol. The van der Waals surface area contributed by atoms with E-state index in [0.29, 0.717) is 0 Å². The van der Waals surface area contributed by atoms with Crippen LogP contribution in [0.1, 0.15) is 20.8 Å². The third kappa shape index (κ3) is 2.93. The molecule has 120 valence electrons. The molecule has 0 N–H and O–H groups in total. The Balaban J connectivity index is 2.20. The number of nitrogens with zero attached hydrogens (tertiary/aromatic N) is 3. The average Bonchev–Trinajstić information content (AvgIpc) is 2.59. The first-order chi connectivity index (χ1) is 11.2. The lowest BCUT2D eigenvalue weighted by molar-refractivity contribution is 0.608. The summed E-state index contributed by atoms with van der Waals surface area (Å²) in [5.41, 5.74) is 3.79. The number of rotatable bonds is 4. The Bertz CT molecular complexity index is 862. The van der Waals surface area contributed by atoms with Gasteiger partial charge >= 0.3 is 0 Å². The van der Waals surface area contributed by atoms with E-state index in [0.717, 1.165) is 47.5 Å². The molecule has 0 saturated heterocycles. The molecule has 3 rings (SSSR count). The first kappa shape index (κ1) is 15.5. The van der Waals surface area contributed by atoms with Gasteiger partial charge in [-0.2, -0.15) is 0 Å². The molecule has 1 aliphatic heterocycles. The van der Waals surface area contributed by atoms with E-state index in [1.807, 2.05) is 12.1 Å². The van der Waals surface area contributed by atoms with E-state index in [4.69, 9.17) is 9.40 Å². The maximum atomic E-state index is 6.15. The average molecular weight is 310 g/mol. The molecule has 1 aromatic carbocycles. The van der Waals surface area contributed by atoms with Gasteiger partial charge in [0, 0.05) is 30.9 Å². The second-order valence-corrected chi connectivity index (χ2v) is 5.70. The van der Waals surface area contributed by atoms with Crippen LogP contribution in [0.5, 0.6) is 0 Å². The molecule has 0 spiro atoms. The highest BCUT2D eigenvalue weighted by Crippen LogP contribution is 2.26. The molecule has 1 aromatic rings. The molecule has 1 aliphatic carbocycles. The smallest absolute Gasteiger partial charge is 0.203 e. The van der Waals surface area contributed by atoms with Crippen LogP contribution in [0.4, 0.5) is 5.69 Å². The van der Waals surface area contributed by atoms with Crippen LogP contribution in [0.3, 0.4) is 0 Å². The van der Waals surface area contributed by atoms with Crippen LogP contribution in [0, 0.1) is 0 Å². The van der Waals surface area contributed by atoms with E-state index in [2.05, 4.69) is 61.6 Å². The van der Waals surface area contributed by atoms with E-state index in [9.17, 15) is 0 Å². The fourth-order valence-corrected chi connectivity index (χ4v) is 2.81. The topological polar surface area (TPSA) is 32.3 Å². The Hall–Kier alpha value is -2.36. The molecule has 0 amide bonds. The largest absolute Gasteiger partial charge is 0.452 e. The first-order valence-electron chi connectivity index (χ1n) is 8.30. The number of hydrogen-bond acceptors (Lipinski definition) is 3. The molecule has 2 aliphatic rings. The van der Waals surface area contributed by atoms with Crippen molar-refractivity contribution in [3.8, 4) is 11.5 Å². The zero-order chi connectivity index (χ0) is 16.4. The molecule has 4 heteroatoms. The van der Waals surface area contributed by atoms with Gasteiger partial charge < -0.3 is 9.32 Å². The van der Waals surface area contributed by atoms with Gasteiger partial charge in [-0.1, -0.05) is 0 Å². The zero-order valence-corrected chi connectivity index (χ0v) is 14.3. The normalized spacial score (nSPS) is 12.7. The van der Waals surface area contributed by atoms with Gasteiger partial charge in [0.05, 0.1) is 6.07 Å². The summed E-state index contributed by atoms with van der Waals surface area (Å²) in [5, 5.41) is 1.14. The molecule has 0 atom stereocenters. The Kier molecular flexibility index (Phi) is 4.33. The standard InChI is InChI=1S/C19H24N3O/c1-5-21(4)14-8-10-16-18(12-14)23-19-13-15(22(6-2)7-3)9-11-17(19)20-16/h8-13H,5-7H2,1-4H3/q+1. The summed E-state index contributed by atoms with van der Waals surface area (Å²) >= 11 is 0. The maximum Gasteiger partial charge on any atom is 0.203 e. The highest BCUT2D eigenvalue weighted by molar-refractivity contribution is 5.80. The minimum Gasteiger partial charge on any atom is -0.452 e. The number of fused-ring (bicyclic) bond motifs is 2. The number of benzene rings is 2. The molecule has 0 aromatic heterocycles. The van der Waals surface area contributed by atoms with Crippen LogP contribution in [0.2, 0.25) is 0 Å². The van der Waals surface area contributed by atoms with Gasteiger partial charge in [-0.15, -0.1) is 0 Å². The van der Waals surface area contributed by atoms with Crippen LogP contribution >= 0.6 is 0 Å². The van der Waals surface area contributed by atoms with Crippen LogP contribution in [-0.4, -0.2) is 31.7 Å². The SMILES string of the molecule is CCN(CC)c1ccc2nc3cc/c(=[N+](\C)CC)cc-3oc2c1. The molecular weight excluding hydrogens is 286 g/mol. The third-order valence-electron chi connectivity index (χ3n) is 4.39. The Labute approximate surface area is 137 Å². The fourth-order valence-electron chi connectivity index (χ4n) is 2.81. The molecule has 0 saturated carbocycles. The van der Waals surface area contributed by atoms with Crippen LogP contribution in [0.15, 0.2) is 40.8 Å². The van der Waals surface area contributed by atoms with Gasteiger partial charge in [-0.3, -0.25) is 0 Å².